The summed E-state index contributed by atoms with van der Waals surface area (Å²) in [7, 11) is 0. The lowest BCUT2D eigenvalue weighted by Gasteiger charge is -2.02. The molecule has 0 spiro atoms. The average molecular weight is 300 g/mol. The molecule has 21 heavy (non-hydrogen) atoms. The number of rotatable bonds is 4. The number of pyridine rings is 2. The zero-order valence-corrected chi connectivity index (χ0v) is 11.7. The molecule has 0 bridgehead atoms. The first kappa shape index (κ1) is 13.5. The second-order valence-electron chi connectivity index (χ2n) is 4.21. The van der Waals surface area contributed by atoms with Crippen molar-refractivity contribution in [3.8, 4) is 0 Å². The van der Waals surface area contributed by atoms with Crippen LogP contribution in [-0.2, 0) is 5.75 Å². The number of hydrogen-bond donors (Lipinski definition) is 2. The number of aromatic nitrogens is 4. The summed E-state index contributed by atoms with van der Waals surface area (Å²) in [6, 6.07) is 9.23. The summed E-state index contributed by atoms with van der Waals surface area (Å²) < 4.78 is 1.92. The normalized spacial score (nSPS) is 10.7. The Morgan fingerprint density at radius 1 is 1.29 bits per heavy atom. The van der Waals surface area contributed by atoms with E-state index >= 15 is 0 Å². The fourth-order valence-corrected chi connectivity index (χ4v) is 2.62. The molecular weight excluding hydrogens is 288 g/mol. The SMILES string of the molecule is NNC(=O)c1ccc(CSc2nnc3ccccn23)nc1. The van der Waals surface area contributed by atoms with E-state index in [2.05, 4.69) is 20.6 Å². The van der Waals surface area contributed by atoms with Gasteiger partial charge in [-0.15, -0.1) is 10.2 Å². The first-order chi connectivity index (χ1) is 10.3. The summed E-state index contributed by atoms with van der Waals surface area (Å²) in [5.74, 6) is 5.35. The van der Waals surface area contributed by atoms with Crippen LogP contribution in [0, 0.1) is 0 Å². The summed E-state index contributed by atoms with van der Waals surface area (Å²) in [6.45, 7) is 0. The standard InChI is InChI=1S/C13H12N6OS/c14-16-12(20)9-4-5-10(15-7-9)8-21-13-18-17-11-3-1-2-6-19(11)13/h1-7H,8,14H2,(H,16,20). The van der Waals surface area contributed by atoms with Crippen LogP contribution in [0.4, 0.5) is 0 Å². The number of nitrogens with zero attached hydrogens (tertiary/aromatic N) is 4. The topological polar surface area (TPSA) is 98.2 Å². The van der Waals surface area contributed by atoms with Crippen LogP contribution in [0.3, 0.4) is 0 Å². The third kappa shape index (κ3) is 2.86. The highest BCUT2D eigenvalue weighted by Crippen LogP contribution is 2.20. The van der Waals surface area contributed by atoms with Gasteiger partial charge in [0.05, 0.1) is 11.3 Å². The van der Waals surface area contributed by atoms with Gasteiger partial charge in [-0.2, -0.15) is 0 Å². The minimum absolute atomic E-state index is 0.356. The molecule has 0 atom stereocenters. The van der Waals surface area contributed by atoms with Gasteiger partial charge in [-0.1, -0.05) is 17.8 Å². The number of carbonyl (C=O) groups is 1. The highest BCUT2D eigenvalue weighted by molar-refractivity contribution is 7.98. The largest absolute Gasteiger partial charge is 0.290 e. The van der Waals surface area contributed by atoms with Gasteiger partial charge < -0.3 is 0 Å². The second kappa shape index (κ2) is 5.90. The maximum atomic E-state index is 11.3. The molecule has 0 saturated carbocycles. The van der Waals surface area contributed by atoms with Gasteiger partial charge in [-0.25, -0.2) is 5.84 Å². The molecule has 0 saturated heterocycles. The number of hydrogen-bond acceptors (Lipinski definition) is 6. The highest BCUT2D eigenvalue weighted by Gasteiger charge is 2.07. The Kier molecular flexibility index (Phi) is 3.80. The lowest BCUT2D eigenvalue weighted by molar-refractivity contribution is 0.0953. The Balaban J connectivity index is 1.71. The van der Waals surface area contributed by atoms with Crippen LogP contribution in [0.1, 0.15) is 16.1 Å². The summed E-state index contributed by atoms with van der Waals surface area (Å²) in [5, 5.41) is 9.02. The van der Waals surface area contributed by atoms with Crippen LogP contribution >= 0.6 is 11.8 Å². The molecule has 3 heterocycles. The van der Waals surface area contributed by atoms with Gasteiger partial charge in [0.1, 0.15) is 0 Å². The minimum Gasteiger partial charge on any atom is -0.290 e. The molecule has 0 aliphatic rings. The quantitative estimate of drug-likeness (QED) is 0.323. The van der Waals surface area contributed by atoms with Crippen molar-refractivity contribution >= 4 is 23.3 Å². The predicted octanol–water partition coefficient (Wildman–Crippen LogP) is 1.02. The Morgan fingerprint density at radius 3 is 2.95 bits per heavy atom. The lowest BCUT2D eigenvalue weighted by Crippen LogP contribution is -2.30. The number of carbonyl (C=O) groups excluding carboxylic acids is 1. The van der Waals surface area contributed by atoms with Crippen LogP contribution in [0.25, 0.3) is 5.65 Å². The molecule has 0 aromatic carbocycles. The predicted molar refractivity (Wildman–Crippen MR) is 78.4 cm³/mol. The molecule has 106 valence electrons. The van der Waals surface area contributed by atoms with Gasteiger partial charge in [0.2, 0.25) is 0 Å². The molecule has 3 aromatic rings. The first-order valence-corrected chi connectivity index (χ1v) is 7.15. The number of thioether (sulfide) groups is 1. The molecule has 1 amide bonds. The molecule has 0 unspecified atom stereocenters. The van der Waals surface area contributed by atoms with E-state index in [9.17, 15) is 4.79 Å². The summed E-state index contributed by atoms with van der Waals surface area (Å²) in [4.78, 5) is 15.5. The number of nitrogens with two attached hydrogens (primary N) is 1. The Hall–Kier alpha value is -2.45. The molecule has 0 fully saturated rings. The third-order valence-corrected chi connectivity index (χ3v) is 3.83. The van der Waals surface area contributed by atoms with Gasteiger partial charge >= 0.3 is 0 Å². The fourth-order valence-electron chi connectivity index (χ4n) is 1.78. The van der Waals surface area contributed by atoms with Gasteiger partial charge in [0, 0.05) is 18.1 Å². The summed E-state index contributed by atoms with van der Waals surface area (Å²) in [5.41, 5.74) is 4.16. The second-order valence-corrected chi connectivity index (χ2v) is 5.15. The Labute approximate surface area is 124 Å². The van der Waals surface area contributed by atoms with Crippen LogP contribution < -0.4 is 11.3 Å². The smallest absolute Gasteiger partial charge is 0.266 e. The van der Waals surface area contributed by atoms with Crippen molar-refractivity contribution in [2.75, 3.05) is 0 Å². The van der Waals surface area contributed by atoms with Crippen LogP contribution in [0.5, 0.6) is 0 Å². The van der Waals surface area contributed by atoms with Gasteiger partial charge in [-0.05, 0) is 24.3 Å². The van der Waals surface area contributed by atoms with Crippen molar-refractivity contribution in [1.82, 2.24) is 25.0 Å². The molecule has 3 aromatic heterocycles. The Morgan fingerprint density at radius 2 is 2.19 bits per heavy atom. The van der Waals surface area contributed by atoms with Crippen molar-refractivity contribution in [3.63, 3.8) is 0 Å². The molecule has 3 rings (SSSR count). The molecule has 0 aliphatic carbocycles. The molecular formula is C13H12N6OS. The molecule has 0 aliphatic heterocycles. The van der Waals surface area contributed by atoms with E-state index in [4.69, 9.17) is 5.84 Å². The van der Waals surface area contributed by atoms with E-state index in [1.807, 2.05) is 28.8 Å². The van der Waals surface area contributed by atoms with E-state index in [0.29, 0.717) is 11.3 Å². The number of fused-ring (bicyclic) bond motifs is 1. The van der Waals surface area contributed by atoms with E-state index in [1.165, 1.54) is 18.0 Å². The average Bonchev–Trinajstić information content (AvgIpc) is 2.96. The number of amides is 1. The maximum absolute atomic E-state index is 11.3. The van der Waals surface area contributed by atoms with Gasteiger partial charge in [0.15, 0.2) is 10.8 Å². The monoisotopic (exact) mass is 300 g/mol. The van der Waals surface area contributed by atoms with Crippen LogP contribution in [0.15, 0.2) is 47.9 Å². The minimum atomic E-state index is -0.356. The zero-order valence-electron chi connectivity index (χ0n) is 10.9. The van der Waals surface area contributed by atoms with Crippen LogP contribution in [-0.4, -0.2) is 25.5 Å². The van der Waals surface area contributed by atoms with Gasteiger partial charge in [-0.3, -0.25) is 19.6 Å². The fraction of sp³-hybridized carbons (Fsp3) is 0.0769. The van der Waals surface area contributed by atoms with Crippen molar-refractivity contribution in [2.45, 2.75) is 10.9 Å². The molecule has 0 radical (unpaired) electrons. The number of hydrazine groups is 1. The molecule has 3 N–H and O–H groups in total. The van der Waals surface area contributed by atoms with E-state index in [-0.39, 0.29) is 5.91 Å². The van der Waals surface area contributed by atoms with Crippen molar-refractivity contribution < 1.29 is 4.79 Å². The summed E-state index contributed by atoms with van der Waals surface area (Å²) >= 11 is 1.53. The van der Waals surface area contributed by atoms with E-state index < -0.39 is 0 Å². The van der Waals surface area contributed by atoms with Crippen LogP contribution in [0.2, 0.25) is 0 Å². The summed E-state index contributed by atoms with van der Waals surface area (Å²) in [6.07, 6.45) is 3.42. The zero-order chi connectivity index (χ0) is 14.7. The number of nitrogen functional groups attached to an aromatic ring is 1. The number of nitrogens with one attached hydrogen (secondary N) is 1. The Bertz CT molecular complexity index is 770. The first-order valence-electron chi connectivity index (χ1n) is 6.16. The van der Waals surface area contributed by atoms with E-state index in [0.717, 1.165) is 16.5 Å². The maximum Gasteiger partial charge on any atom is 0.266 e. The van der Waals surface area contributed by atoms with E-state index in [1.54, 1.807) is 12.1 Å². The van der Waals surface area contributed by atoms with Crippen molar-refractivity contribution in [3.05, 3.63) is 54.0 Å². The van der Waals surface area contributed by atoms with Crippen molar-refractivity contribution in [2.24, 2.45) is 5.84 Å². The molecule has 7 nitrogen and oxygen atoms in total. The van der Waals surface area contributed by atoms with Crippen molar-refractivity contribution in [1.29, 1.82) is 0 Å². The third-order valence-electron chi connectivity index (χ3n) is 2.85. The highest BCUT2D eigenvalue weighted by atomic mass is 32.2. The molecule has 8 heteroatoms. The van der Waals surface area contributed by atoms with Gasteiger partial charge in [0.25, 0.3) is 5.91 Å². The lowest BCUT2D eigenvalue weighted by atomic mass is 10.2.